The summed E-state index contributed by atoms with van der Waals surface area (Å²) in [6.07, 6.45) is 3.10. The molecule has 0 bridgehead atoms. The zero-order valence-corrected chi connectivity index (χ0v) is 15.3. The van der Waals surface area contributed by atoms with Gasteiger partial charge >= 0.3 is 0 Å². The van der Waals surface area contributed by atoms with E-state index in [9.17, 15) is 8.42 Å². The van der Waals surface area contributed by atoms with Crippen LogP contribution in [0.5, 0.6) is 0 Å². The van der Waals surface area contributed by atoms with Crippen LogP contribution < -0.4 is 15.4 Å². The predicted molar refractivity (Wildman–Crippen MR) is 98.8 cm³/mol. The van der Waals surface area contributed by atoms with Gasteiger partial charge in [0.25, 0.3) is 0 Å². The molecule has 0 saturated heterocycles. The van der Waals surface area contributed by atoms with Crippen LogP contribution in [-0.4, -0.2) is 46.8 Å². The van der Waals surface area contributed by atoms with Crippen LogP contribution in [-0.2, 0) is 15.4 Å². The van der Waals surface area contributed by atoms with Crippen molar-refractivity contribution in [3.63, 3.8) is 0 Å². The first-order valence-electron chi connectivity index (χ1n) is 8.49. The van der Waals surface area contributed by atoms with E-state index < -0.39 is 10.0 Å². The zero-order chi connectivity index (χ0) is 17.5. The third kappa shape index (κ3) is 5.49. The van der Waals surface area contributed by atoms with Crippen molar-refractivity contribution in [1.82, 2.24) is 15.4 Å². The highest BCUT2D eigenvalue weighted by Crippen LogP contribution is 2.47. The van der Waals surface area contributed by atoms with Crippen LogP contribution in [0.1, 0.15) is 31.7 Å². The van der Waals surface area contributed by atoms with Crippen LogP contribution in [0.25, 0.3) is 0 Å². The van der Waals surface area contributed by atoms with Gasteiger partial charge < -0.3 is 10.6 Å². The normalized spacial score (nSPS) is 16.7. The number of hydrogen-bond acceptors (Lipinski definition) is 3. The number of aliphatic imine (C=N–C) groups is 1. The second kappa shape index (κ2) is 8.48. The summed E-state index contributed by atoms with van der Waals surface area (Å²) < 4.78 is 25.2. The summed E-state index contributed by atoms with van der Waals surface area (Å²) in [5, 5.41) is 6.62. The number of sulfonamides is 1. The zero-order valence-electron chi connectivity index (χ0n) is 14.5. The van der Waals surface area contributed by atoms with E-state index in [-0.39, 0.29) is 11.2 Å². The highest BCUT2D eigenvalue weighted by molar-refractivity contribution is 7.89. The number of hydrogen-bond donors (Lipinski definition) is 3. The van der Waals surface area contributed by atoms with Gasteiger partial charge in [-0.1, -0.05) is 30.3 Å². The summed E-state index contributed by atoms with van der Waals surface area (Å²) in [6.45, 7) is 3.60. The number of nitrogens with one attached hydrogen (secondary N) is 3. The minimum absolute atomic E-state index is 0.116. The van der Waals surface area contributed by atoms with Crippen molar-refractivity contribution in [2.24, 2.45) is 4.99 Å². The molecule has 0 amide bonds. The topological polar surface area (TPSA) is 82.6 Å². The average molecular weight is 353 g/mol. The Balaban J connectivity index is 1.70. The van der Waals surface area contributed by atoms with E-state index in [1.54, 1.807) is 14.0 Å². The Labute approximate surface area is 145 Å². The second-order valence-corrected chi connectivity index (χ2v) is 8.25. The van der Waals surface area contributed by atoms with Gasteiger partial charge in [0.05, 0.1) is 5.75 Å². The second-order valence-electron chi connectivity index (χ2n) is 6.15. The molecular weight excluding hydrogens is 324 g/mol. The molecule has 0 aromatic heterocycles. The molecule has 6 nitrogen and oxygen atoms in total. The van der Waals surface area contributed by atoms with Crippen LogP contribution in [0.4, 0.5) is 0 Å². The van der Waals surface area contributed by atoms with Crippen molar-refractivity contribution in [2.75, 3.05) is 32.4 Å². The maximum absolute atomic E-state index is 11.3. The highest BCUT2D eigenvalue weighted by Gasteiger charge is 2.43. The summed E-state index contributed by atoms with van der Waals surface area (Å²) in [7, 11) is -1.35. The van der Waals surface area contributed by atoms with E-state index in [4.69, 9.17) is 0 Å². The first-order valence-corrected chi connectivity index (χ1v) is 10.1. The number of rotatable bonds is 9. The van der Waals surface area contributed by atoms with E-state index in [0.717, 1.165) is 12.5 Å². The first kappa shape index (κ1) is 18.7. The maximum Gasteiger partial charge on any atom is 0.211 e. The number of benzene rings is 1. The summed E-state index contributed by atoms with van der Waals surface area (Å²) in [6, 6.07) is 10.6. The molecule has 1 aliphatic carbocycles. The minimum Gasteiger partial charge on any atom is -0.356 e. The van der Waals surface area contributed by atoms with Crippen molar-refractivity contribution in [3.05, 3.63) is 35.9 Å². The van der Waals surface area contributed by atoms with Crippen LogP contribution in [0, 0.1) is 0 Å². The fraction of sp³-hybridized carbons (Fsp3) is 0.588. The molecule has 0 spiro atoms. The van der Waals surface area contributed by atoms with Gasteiger partial charge in [0.15, 0.2) is 5.96 Å². The standard InChI is InChI=1S/C17H28N4O2S/c1-3-24(22,23)21-13-7-12-19-16(18-2)20-14-17(10-11-17)15-8-5-4-6-9-15/h4-6,8-9,21H,3,7,10-14H2,1-2H3,(H2,18,19,20). The van der Waals surface area contributed by atoms with Crippen molar-refractivity contribution in [3.8, 4) is 0 Å². The SMILES string of the molecule is CCS(=O)(=O)NCCCNC(=NC)NCC1(c2ccccc2)CC1. The fourth-order valence-electron chi connectivity index (χ4n) is 2.61. The van der Waals surface area contributed by atoms with E-state index in [1.807, 2.05) is 6.07 Å². The minimum atomic E-state index is -3.10. The molecule has 134 valence electrons. The van der Waals surface area contributed by atoms with Gasteiger partial charge in [-0.15, -0.1) is 0 Å². The van der Waals surface area contributed by atoms with Gasteiger partial charge in [0.1, 0.15) is 0 Å². The lowest BCUT2D eigenvalue weighted by atomic mass is 9.96. The van der Waals surface area contributed by atoms with E-state index in [0.29, 0.717) is 19.5 Å². The van der Waals surface area contributed by atoms with E-state index in [2.05, 4.69) is 44.6 Å². The average Bonchev–Trinajstić information content (AvgIpc) is 3.39. The molecule has 0 unspecified atom stereocenters. The van der Waals surface area contributed by atoms with Gasteiger partial charge in [0, 0.05) is 32.1 Å². The molecule has 0 radical (unpaired) electrons. The van der Waals surface area contributed by atoms with Crippen LogP contribution in [0.2, 0.25) is 0 Å². The first-order chi connectivity index (χ1) is 11.5. The molecule has 1 saturated carbocycles. The largest absolute Gasteiger partial charge is 0.356 e. The van der Waals surface area contributed by atoms with Crippen LogP contribution in [0.3, 0.4) is 0 Å². The third-order valence-electron chi connectivity index (χ3n) is 4.41. The van der Waals surface area contributed by atoms with Gasteiger partial charge in [0.2, 0.25) is 10.0 Å². The molecule has 0 aliphatic heterocycles. The summed E-state index contributed by atoms with van der Waals surface area (Å²) in [5.41, 5.74) is 1.61. The molecule has 1 aromatic carbocycles. The van der Waals surface area contributed by atoms with E-state index >= 15 is 0 Å². The summed E-state index contributed by atoms with van der Waals surface area (Å²) in [4.78, 5) is 4.23. The molecule has 1 aliphatic rings. The smallest absolute Gasteiger partial charge is 0.211 e. The van der Waals surface area contributed by atoms with Crippen molar-refractivity contribution in [1.29, 1.82) is 0 Å². The fourth-order valence-corrected chi connectivity index (χ4v) is 3.27. The van der Waals surface area contributed by atoms with Gasteiger partial charge in [-0.3, -0.25) is 4.99 Å². The number of nitrogens with zero attached hydrogens (tertiary/aromatic N) is 1. The van der Waals surface area contributed by atoms with E-state index in [1.165, 1.54) is 18.4 Å². The molecule has 24 heavy (non-hydrogen) atoms. The summed E-state index contributed by atoms with van der Waals surface area (Å²) >= 11 is 0. The Morgan fingerprint density at radius 3 is 2.46 bits per heavy atom. The Bertz CT molecular complexity index is 640. The predicted octanol–water partition coefficient (Wildman–Crippen LogP) is 1.21. The number of guanidine groups is 1. The molecular formula is C17H28N4O2S. The lowest BCUT2D eigenvalue weighted by Gasteiger charge is -2.19. The Kier molecular flexibility index (Phi) is 6.62. The molecule has 1 aromatic rings. The molecule has 7 heteroatoms. The third-order valence-corrected chi connectivity index (χ3v) is 5.81. The van der Waals surface area contributed by atoms with Crippen molar-refractivity contribution in [2.45, 2.75) is 31.6 Å². The molecule has 3 N–H and O–H groups in total. The Morgan fingerprint density at radius 2 is 1.88 bits per heavy atom. The molecule has 2 rings (SSSR count). The van der Waals surface area contributed by atoms with Crippen molar-refractivity contribution >= 4 is 16.0 Å². The molecule has 0 atom stereocenters. The quantitative estimate of drug-likeness (QED) is 0.354. The molecule has 0 heterocycles. The molecule has 1 fully saturated rings. The summed E-state index contributed by atoms with van der Waals surface area (Å²) in [5.74, 6) is 0.876. The lowest BCUT2D eigenvalue weighted by molar-refractivity contribution is 0.579. The van der Waals surface area contributed by atoms with Crippen LogP contribution in [0.15, 0.2) is 35.3 Å². The van der Waals surface area contributed by atoms with Crippen LogP contribution >= 0.6 is 0 Å². The lowest BCUT2D eigenvalue weighted by Crippen LogP contribution is -2.42. The maximum atomic E-state index is 11.3. The monoisotopic (exact) mass is 352 g/mol. The highest BCUT2D eigenvalue weighted by atomic mass is 32.2. The van der Waals surface area contributed by atoms with Gasteiger partial charge in [-0.2, -0.15) is 0 Å². The van der Waals surface area contributed by atoms with Crippen molar-refractivity contribution < 1.29 is 8.42 Å². The Hall–Kier alpha value is -1.60. The van der Waals surface area contributed by atoms with Gasteiger partial charge in [-0.05, 0) is 31.7 Å². The Morgan fingerprint density at radius 1 is 1.17 bits per heavy atom. The van der Waals surface area contributed by atoms with Gasteiger partial charge in [-0.25, -0.2) is 13.1 Å².